The minimum absolute atomic E-state index is 0.142. The van der Waals surface area contributed by atoms with Gasteiger partial charge in [0, 0.05) is 5.56 Å². The number of carbonyl (C=O) groups is 1. The van der Waals surface area contributed by atoms with Crippen LogP contribution in [0.4, 0.5) is 13.2 Å². The van der Waals surface area contributed by atoms with Crippen LogP contribution in [0.25, 0.3) is 0 Å². The number of alkyl halides is 3. The molecule has 2 N–H and O–H groups in total. The summed E-state index contributed by atoms with van der Waals surface area (Å²) in [6, 6.07) is 10.4. The number of ether oxygens (including phenoxy) is 2. The minimum atomic E-state index is -4.35. The number of nitrogens with one attached hydrogen (secondary N) is 2. The van der Waals surface area contributed by atoms with E-state index in [4.69, 9.17) is 9.47 Å². The first-order valence-electron chi connectivity index (χ1n) is 9.38. The maximum atomic E-state index is 12.6. The SMILES string of the molecule is C[C@@H](NC(=O)C[NH+](C)Cc1ccc(C(F)(F)F)cc1)c1ccc2c(c1)OCCO2. The Bertz CT molecular complexity index is 853. The topological polar surface area (TPSA) is 52.0 Å². The molecule has 2 aromatic rings. The number of hydrogen-bond acceptors (Lipinski definition) is 3. The molecular formula is C21H24F3N2O3+. The fraction of sp³-hybridized carbons (Fsp3) is 0.381. The number of rotatable bonds is 6. The van der Waals surface area contributed by atoms with E-state index in [0.29, 0.717) is 31.3 Å². The summed E-state index contributed by atoms with van der Waals surface area (Å²) in [5.41, 5.74) is 0.969. The molecule has 1 amide bonds. The zero-order chi connectivity index (χ0) is 21.0. The Morgan fingerprint density at radius 3 is 2.41 bits per heavy atom. The predicted octanol–water partition coefficient (Wildman–Crippen LogP) is 2.37. The normalized spacial score (nSPS) is 15.5. The molecule has 1 heterocycles. The van der Waals surface area contributed by atoms with Crippen LogP contribution in [0, 0.1) is 0 Å². The first-order valence-corrected chi connectivity index (χ1v) is 9.38. The molecular weight excluding hydrogens is 385 g/mol. The Balaban J connectivity index is 1.52. The number of hydrogen-bond donors (Lipinski definition) is 2. The van der Waals surface area contributed by atoms with E-state index in [1.54, 1.807) is 0 Å². The molecule has 0 fully saturated rings. The fourth-order valence-corrected chi connectivity index (χ4v) is 3.20. The molecule has 2 aromatic carbocycles. The number of fused-ring (bicyclic) bond motifs is 1. The van der Waals surface area contributed by atoms with Crippen LogP contribution in [0.2, 0.25) is 0 Å². The van der Waals surface area contributed by atoms with Crippen molar-refractivity contribution in [1.82, 2.24) is 5.32 Å². The zero-order valence-corrected chi connectivity index (χ0v) is 16.3. The number of likely N-dealkylation sites (N-methyl/N-ethyl adjacent to an activating group) is 1. The maximum Gasteiger partial charge on any atom is 0.416 e. The van der Waals surface area contributed by atoms with Crippen molar-refractivity contribution < 1.29 is 32.3 Å². The molecule has 29 heavy (non-hydrogen) atoms. The molecule has 1 aliphatic rings. The highest BCUT2D eigenvalue weighted by Gasteiger charge is 2.30. The van der Waals surface area contributed by atoms with Crippen molar-refractivity contribution in [3.05, 3.63) is 59.2 Å². The van der Waals surface area contributed by atoms with E-state index in [-0.39, 0.29) is 18.5 Å². The van der Waals surface area contributed by atoms with Gasteiger partial charge in [-0.2, -0.15) is 13.2 Å². The van der Waals surface area contributed by atoms with Gasteiger partial charge in [0.2, 0.25) is 0 Å². The van der Waals surface area contributed by atoms with Gasteiger partial charge in [0.05, 0.1) is 18.7 Å². The van der Waals surface area contributed by atoms with Crippen molar-refractivity contribution in [3.8, 4) is 11.5 Å². The number of benzene rings is 2. The molecule has 156 valence electrons. The quantitative estimate of drug-likeness (QED) is 0.770. The van der Waals surface area contributed by atoms with Gasteiger partial charge in [-0.25, -0.2) is 0 Å². The Kier molecular flexibility index (Phi) is 6.32. The van der Waals surface area contributed by atoms with Crippen LogP contribution in [0.5, 0.6) is 11.5 Å². The van der Waals surface area contributed by atoms with Gasteiger partial charge >= 0.3 is 6.18 Å². The summed E-state index contributed by atoms with van der Waals surface area (Å²) in [6.45, 7) is 3.55. The lowest BCUT2D eigenvalue weighted by Gasteiger charge is -2.21. The summed E-state index contributed by atoms with van der Waals surface area (Å²) in [4.78, 5) is 13.2. The van der Waals surface area contributed by atoms with E-state index in [1.165, 1.54) is 12.1 Å². The van der Waals surface area contributed by atoms with Gasteiger partial charge in [-0.1, -0.05) is 18.2 Å². The summed E-state index contributed by atoms with van der Waals surface area (Å²) in [7, 11) is 1.83. The van der Waals surface area contributed by atoms with Gasteiger partial charge in [-0.15, -0.1) is 0 Å². The highest BCUT2D eigenvalue weighted by molar-refractivity contribution is 5.77. The van der Waals surface area contributed by atoms with E-state index in [0.717, 1.165) is 28.2 Å². The predicted molar refractivity (Wildman–Crippen MR) is 101 cm³/mol. The van der Waals surface area contributed by atoms with E-state index in [9.17, 15) is 18.0 Å². The molecule has 1 unspecified atom stereocenters. The average Bonchev–Trinajstić information content (AvgIpc) is 2.67. The van der Waals surface area contributed by atoms with Crippen molar-refractivity contribution in [2.75, 3.05) is 26.8 Å². The second kappa shape index (κ2) is 8.73. The zero-order valence-electron chi connectivity index (χ0n) is 16.3. The molecule has 0 aromatic heterocycles. The van der Waals surface area contributed by atoms with Crippen LogP contribution in [0.15, 0.2) is 42.5 Å². The molecule has 0 saturated carbocycles. The van der Waals surface area contributed by atoms with Crippen LogP contribution >= 0.6 is 0 Å². The van der Waals surface area contributed by atoms with Gasteiger partial charge in [0.15, 0.2) is 18.0 Å². The molecule has 0 radical (unpaired) electrons. The first kappa shape index (κ1) is 21.0. The largest absolute Gasteiger partial charge is 0.486 e. The third kappa shape index (κ3) is 5.63. The average molecular weight is 409 g/mol. The summed E-state index contributed by atoms with van der Waals surface area (Å²) < 4.78 is 49.0. The highest BCUT2D eigenvalue weighted by atomic mass is 19.4. The lowest BCUT2D eigenvalue weighted by molar-refractivity contribution is -0.885. The summed E-state index contributed by atoms with van der Waals surface area (Å²) in [5.74, 6) is 1.22. The third-order valence-corrected chi connectivity index (χ3v) is 4.69. The lowest BCUT2D eigenvalue weighted by Crippen LogP contribution is -3.08. The smallest absolute Gasteiger partial charge is 0.416 e. The number of halogens is 3. The summed E-state index contributed by atoms with van der Waals surface area (Å²) >= 11 is 0. The number of quaternary nitrogens is 1. The third-order valence-electron chi connectivity index (χ3n) is 4.69. The Morgan fingerprint density at radius 1 is 1.10 bits per heavy atom. The second-order valence-corrected chi connectivity index (χ2v) is 7.20. The van der Waals surface area contributed by atoms with Crippen LogP contribution in [-0.2, 0) is 17.5 Å². The monoisotopic (exact) mass is 409 g/mol. The van der Waals surface area contributed by atoms with Crippen LogP contribution in [-0.4, -0.2) is 32.7 Å². The fourth-order valence-electron chi connectivity index (χ4n) is 3.20. The summed E-state index contributed by atoms with van der Waals surface area (Å²) in [6.07, 6.45) is -4.35. The van der Waals surface area contributed by atoms with Crippen LogP contribution < -0.4 is 19.7 Å². The standard InChI is InChI=1S/C21H23F3N2O3/c1-14(16-5-8-18-19(11-16)29-10-9-28-18)25-20(27)13-26(2)12-15-3-6-17(7-4-15)21(22,23)24/h3-8,11,14H,9-10,12-13H2,1-2H3,(H,25,27)/p+1/t14-/m1/s1. The van der Waals surface area contributed by atoms with Crippen molar-refractivity contribution in [3.63, 3.8) is 0 Å². The van der Waals surface area contributed by atoms with Gasteiger partial charge in [0.1, 0.15) is 19.8 Å². The van der Waals surface area contributed by atoms with E-state index < -0.39 is 11.7 Å². The van der Waals surface area contributed by atoms with E-state index in [2.05, 4.69) is 5.32 Å². The van der Waals surface area contributed by atoms with Crippen molar-refractivity contribution in [1.29, 1.82) is 0 Å². The molecule has 8 heteroatoms. The number of amides is 1. The van der Waals surface area contributed by atoms with E-state index in [1.807, 2.05) is 32.2 Å². The molecule has 0 bridgehead atoms. The van der Waals surface area contributed by atoms with Crippen molar-refractivity contribution in [2.24, 2.45) is 0 Å². The molecule has 0 spiro atoms. The van der Waals surface area contributed by atoms with Gasteiger partial charge in [-0.3, -0.25) is 4.79 Å². The van der Waals surface area contributed by atoms with Crippen LogP contribution in [0.3, 0.4) is 0 Å². The summed E-state index contributed by atoms with van der Waals surface area (Å²) in [5, 5.41) is 2.94. The maximum absolute atomic E-state index is 12.6. The van der Waals surface area contributed by atoms with Crippen molar-refractivity contribution >= 4 is 5.91 Å². The van der Waals surface area contributed by atoms with Gasteiger partial charge in [-0.05, 0) is 36.8 Å². The Morgan fingerprint density at radius 2 is 1.76 bits per heavy atom. The van der Waals surface area contributed by atoms with Gasteiger partial charge in [0.25, 0.3) is 5.91 Å². The Hall–Kier alpha value is -2.74. The number of carbonyl (C=O) groups excluding carboxylic acids is 1. The first-order chi connectivity index (χ1) is 13.7. The molecule has 0 saturated heterocycles. The van der Waals surface area contributed by atoms with Crippen LogP contribution in [0.1, 0.15) is 29.7 Å². The van der Waals surface area contributed by atoms with Crippen molar-refractivity contribution in [2.45, 2.75) is 25.7 Å². The molecule has 0 aliphatic carbocycles. The van der Waals surface area contributed by atoms with Gasteiger partial charge < -0.3 is 19.7 Å². The molecule has 1 aliphatic heterocycles. The highest BCUT2D eigenvalue weighted by Crippen LogP contribution is 2.32. The molecule has 2 atom stereocenters. The second-order valence-electron chi connectivity index (χ2n) is 7.20. The van der Waals surface area contributed by atoms with E-state index >= 15 is 0 Å². The molecule has 3 rings (SSSR count). The minimum Gasteiger partial charge on any atom is -0.486 e. The lowest BCUT2D eigenvalue weighted by atomic mass is 10.1. The Labute approximate surface area is 167 Å². The molecule has 5 nitrogen and oxygen atoms in total.